The highest BCUT2D eigenvalue weighted by atomic mass is 32.1. The van der Waals surface area contributed by atoms with Gasteiger partial charge in [-0.1, -0.05) is 26.7 Å². The molecule has 1 saturated carbocycles. The minimum atomic E-state index is 0.0399. The van der Waals surface area contributed by atoms with Crippen molar-refractivity contribution in [3.05, 3.63) is 51.4 Å². The number of nitrogens with zero attached hydrogens (tertiary/aromatic N) is 3. The molecule has 1 aliphatic carbocycles. The highest BCUT2D eigenvalue weighted by Gasteiger charge is 2.39. The molecule has 3 aliphatic rings. The van der Waals surface area contributed by atoms with Crippen molar-refractivity contribution in [1.82, 2.24) is 14.5 Å². The first-order valence-electron chi connectivity index (χ1n) is 14.0. The first-order chi connectivity index (χ1) is 17.4. The molecule has 6 rings (SSSR count). The van der Waals surface area contributed by atoms with Crippen LogP contribution in [0.3, 0.4) is 0 Å². The molecule has 2 aromatic heterocycles. The third-order valence-electron chi connectivity index (χ3n) is 8.65. The molecule has 0 unspecified atom stereocenters. The van der Waals surface area contributed by atoms with E-state index in [1.54, 1.807) is 22.2 Å². The van der Waals surface area contributed by atoms with Crippen LogP contribution in [0.15, 0.2) is 35.4 Å². The zero-order valence-corrected chi connectivity index (χ0v) is 22.7. The van der Waals surface area contributed by atoms with Gasteiger partial charge >= 0.3 is 0 Å². The maximum atomic E-state index is 13.5. The van der Waals surface area contributed by atoms with E-state index in [2.05, 4.69) is 49.0 Å². The quantitative estimate of drug-likeness (QED) is 0.338. The van der Waals surface area contributed by atoms with Crippen molar-refractivity contribution >= 4 is 21.6 Å². The topological polar surface area (TPSA) is 47.4 Å². The number of benzene rings is 1. The van der Waals surface area contributed by atoms with Gasteiger partial charge in [-0.2, -0.15) is 0 Å². The second-order valence-electron chi connectivity index (χ2n) is 11.8. The summed E-state index contributed by atoms with van der Waals surface area (Å²) >= 11 is 1.63. The Morgan fingerprint density at radius 1 is 1.08 bits per heavy atom. The van der Waals surface area contributed by atoms with Gasteiger partial charge in [0.2, 0.25) is 0 Å². The molecule has 36 heavy (non-hydrogen) atoms. The monoisotopic (exact) mass is 505 g/mol. The predicted octanol–water partition coefficient (Wildman–Crippen LogP) is 6.38. The number of piperidine rings is 1. The highest BCUT2D eigenvalue weighted by molar-refractivity contribution is 7.18. The van der Waals surface area contributed by atoms with Crippen LogP contribution in [0.4, 0.5) is 0 Å². The largest absolute Gasteiger partial charge is 0.490 e. The smallest absolute Gasteiger partial charge is 0.275 e. The maximum Gasteiger partial charge on any atom is 0.275 e. The van der Waals surface area contributed by atoms with Gasteiger partial charge in [0.15, 0.2) is 0 Å². The van der Waals surface area contributed by atoms with Crippen molar-refractivity contribution in [1.29, 1.82) is 0 Å². The van der Waals surface area contributed by atoms with Gasteiger partial charge in [-0.15, -0.1) is 11.3 Å². The molecule has 6 heteroatoms. The van der Waals surface area contributed by atoms with Gasteiger partial charge in [0, 0.05) is 17.0 Å². The van der Waals surface area contributed by atoms with E-state index in [1.807, 2.05) is 6.07 Å². The Morgan fingerprint density at radius 3 is 2.58 bits per heavy atom. The van der Waals surface area contributed by atoms with Crippen LogP contribution in [0.25, 0.3) is 15.9 Å². The molecular formula is C30H39N3O2S. The van der Waals surface area contributed by atoms with Gasteiger partial charge < -0.3 is 9.64 Å². The van der Waals surface area contributed by atoms with Crippen LogP contribution >= 0.6 is 11.3 Å². The van der Waals surface area contributed by atoms with Gasteiger partial charge in [-0.25, -0.2) is 4.98 Å². The summed E-state index contributed by atoms with van der Waals surface area (Å²) in [7, 11) is 2.27. The molecule has 1 aromatic carbocycles. The van der Waals surface area contributed by atoms with E-state index in [1.165, 1.54) is 42.5 Å². The molecule has 5 nitrogen and oxygen atoms in total. The number of aryl methyl sites for hydroxylation is 2. The maximum absolute atomic E-state index is 13.5. The van der Waals surface area contributed by atoms with E-state index in [0.29, 0.717) is 18.0 Å². The molecule has 3 aromatic rings. The molecule has 0 N–H and O–H groups in total. The number of ether oxygens (including phenoxy) is 1. The van der Waals surface area contributed by atoms with Gasteiger partial charge in [0.25, 0.3) is 5.56 Å². The summed E-state index contributed by atoms with van der Waals surface area (Å²) in [6, 6.07) is 9.73. The minimum absolute atomic E-state index is 0.0399. The Morgan fingerprint density at radius 2 is 1.86 bits per heavy atom. The van der Waals surface area contributed by atoms with E-state index in [4.69, 9.17) is 4.74 Å². The second-order valence-corrected chi connectivity index (χ2v) is 13.0. The number of aromatic nitrogens is 2. The lowest BCUT2D eigenvalue weighted by molar-refractivity contribution is 0.0655. The van der Waals surface area contributed by atoms with E-state index in [-0.39, 0.29) is 11.7 Å². The molecule has 3 fully saturated rings. The molecule has 0 amide bonds. The lowest BCUT2D eigenvalue weighted by Crippen LogP contribution is -2.43. The fourth-order valence-electron chi connectivity index (χ4n) is 6.13. The highest BCUT2D eigenvalue weighted by Crippen LogP contribution is 2.37. The van der Waals surface area contributed by atoms with Crippen molar-refractivity contribution in [2.45, 2.75) is 96.2 Å². The molecule has 2 aliphatic heterocycles. The van der Waals surface area contributed by atoms with E-state index >= 15 is 0 Å². The lowest BCUT2D eigenvalue weighted by Gasteiger charge is -2.36. The molecule has 0 spiro atoms. The summed E-state index contributed by atoms with van der Waals surface area (Å²) in [6.07, 6.45) is 13.9. The standard InChI is InChI=1S/C30H39N3O2S/c1-19(2)4-8-21-14-24(11-13-28(21)35-25-15-22-9-10-23(16-25)32(22)3)33-18-31-27-17-26(12-7-20-5-6-20)36-29(27)30(33)34/h11,13-14,17-20,22-23,25H,4-10,12,15-16H2,1-3H3/t22-,23+,25+. The van der Waals surface area contributed by atoms with E-state index < -0.39 is 0 Å². The predicted molar refractivity (Wildman–Crippen MR) is 148 cm³/mol. The normalized spacial score (nSPS) is 24.2. The van der Waals surface area contributed by atoms with Gasteiger partial charge in [0.1, 0.15) is 22.9 Å². The van der Waals surface area contributed by atoms with Crippen molar-refractivity contribution in [3.8, 4) is 11.4 Å². The van der Waals surface area contributed by atoms with Crippen LogP contribution in [0.5, 0.6) is 5.75 Å². The van der Waals surface area contributed by atoms with Crippen LogP contribution in [-0.2, 0) is 12.8 Å². The average Bonchev–Trinajstić information content (AvgIpc) is 3.56. The fourth-order valence-corrected chi connectivity index (χ4v) is 7.18. The summed E-state index contributed by atoms with van der Waals surface area (Å²) in [5.41, 5.74) is 2.97. The first kappa shape index (κ1) is 24.2. The summed E-state index contributed by atoms with van der Waals surface area (Å²) in [6.45, 7) is 4.53. The lowest BCUT2D eigenvalue weighted by atomic mass is 9.99. The zero-order chi connectivity index (χ0) is 24.8. The third kappa shape index (κ3) is 4.99. The SMILES string of the molecule is CC(C)CCc1cc(-n2cnc3cc(CCC4CC4)sc3c2=O)ccc1O[C@H]1C[C@H]2CC[C@@H](C1)N2C. The first-order valence-corrected chi connectivity index (χ1v) is 14.8. The van der Waals surface area contributed by atoms with Gasteiger partial charge in [0.05, 0.1) is 11.2 Å². The van der Waals surface area contributed by atoms with Gasteiger partial charge in [-0.3, -0.25) is 9.36 Å². The fraction of sp³-hybridized carbons (Fsp3) is 0.600. The van der Waals surface area contributed by atoms with Crippen LogP contribution in [0.2, 0.25) is 0 Å². The number of hydrogen-bond donors (Lipinski definition) is 0. The zero-order valence-electron chi connectivity index (χ0n) is 21.9. The van der Waals surface area contributed by atoms with Crippen molar-refractivity contribution < 1.29 is 4.74 Å². The summed E-state index contributed by atoms with van der Waals surface area (Å²) in [4.78, 5) is 22.0. The van der Waals surface area contributed by atoms with Crippen LogP contribution in [0, 0.1) is 11.8 Å². The Hall–Kier alpha value is -2.18. The molecule has 4 heterocycles. The van der Waals surface area contributed by atoms with E-state index in [0.717, 1.165) is 59.7 Å². The second kappa shape index (κ2) is 9.94. The summed E-state index contributed by atoms with van der Waals surface area (Å²) in [5, 5.41) is 0. The molecule has 0 radical (unpaired) electrons. The molecule has 3 atom stereocenters. The number of rotatable bonds is 9. The Kier molecular flexibility index (Phi) is 6.67. The Bertz CT molecular complexity index is 1280. The molecule has 2 bridgehead atoms. The Balaban J connectivity index is 1.27. The van der Waals surface area contributed by atoms with Crippen LogP contribution in [0.1, 0.15) is 75.7 Å². The van der Waals surface area contributed by atoms with Crippen LogP contribution in [-0.4, -0.2) is 39.7 Å². The van der Waals surface area contributed by atoms with Gasteiger partial charge in [-0.05, 0) is 100 Å². The average molecular weight is 506 g/mol. The molecular weight excluding hydrogens is 466 g/mol. The van der Waals surface area contributed by atoms with Crippen molar-refractivity contribution in [3.63, 3.8) is 0 Å². The van der Waals surface area contributed by atoms with Crippen molar-refractivity contribution in [2.75, 3.05) is 7.05 Å². The minimum Gasteiger partial charge on any atom is -0.490 e. The van der Waals surface area contributed by atoms with Crippen LogP contribution < -0.4 is 10.3 Å². The van der Waals surface area contributed by atoms with E-state index in [9.17, 15) is 4.79 Å². The Labute approximate surface area is 218 Å². The summed E-state index contributed by atoms with van der Waals surface area (Å²) < 4.78 is 9.16. The number of fused-ring (bicyclic) bond motifs is 3. The molecule has 2 saturated heterocycles. The molecule has 192 valence electrons. The number of hydrogen-bond acceptors (Lipinski definition) is 5. The third-order valence-corrected chi connectivity index (χ3v) is 9.82. The number of thiophene rings is 1. The van der Waals surface area contributed by atoms with Crippen molar-refractivity contribution in [2.24, 2.45) is 11.8 Å². The summed E-state index contributed by atoms with van der Waals surface area (Å²) in [5.74, 6) is 2.50.